The maximum absolute atomic E-state index is 11.1. The smallest absolute Gasteiger partial charge is 0.335 e. The SMILES string of the molecule is O=C(O)c1cccc(NC2CCCC2C2CCCCN2)c1. The molecule has 21 heavy (non-hydrogen) atoms. The highest BCUT2D eigenvalue weighted by Gasteiger charge is 2.34. The molecular weight excluding hydrogens is 264 g/mol. The topological polar surface area (TPSA) is 61.4 Å². The van der Waals surface area contributed by atoms with Crippen LogP contribution in [0.4, 0.5) is 5.69 Å². The number of carboxylic acid groups (broad SMARTS) is 1. The van der Waals surface area contributed by atoms with Gasteiger partial charge in [0.15, 0.2) is 0 Å². The van der Waals surface area contributed by atoms with Gasteiger partial charge in [0.25, 0.3) is 0 Å². The molecular formula is C17H24N2O2. The molecule has 1 aliphatic heterocycles. The van der Waals surface area contributed by atoms with E-state index in [4.69, 9.17) is 5.11 Å². The third-order valence-corrected chi connectivity index (χ3v) is 4.90. The van der Waals surface area contributed by atoms with Crippen molar-refractivity contribution < 1.29 is 9.90 Å². The highest BCUT2D eigenvalue weighted by molar-refractivity contribution is 5.88. The minimum Gasteiger partial charge on any atom is -0.478 e. The molecule has 0 spiro atoms. The number of carbonyl (C=O) groups is 1. The van der Waals surface area contributed by atoms with E-state index in [9.17, 15) is 4.79 Å². The number of aromatic carboxylic acids is 1. The van der Waals surface area contributed by atoms with Crippen molar-refractivity contribution in [3.8, 4) is 0 Å². The number of rotatable bonds is 4. The Labute approximate surface area is 125 Å². The summed E-state index contributed by atoms with van der Waals surface area (Å²) in [6, 6.07) is 8.25. The van der Waals surface area contributed by atoms with Crippen LogP contribution in [0.5, 0.6) is 0 Å². The molecule has 3 rings (SSSR count). The van der Waals surface area contributed by atoms with Gasteiger partial charge in [0.1, 0.15) is 0 Å². The van der Waals surface area contributed by atoms with Gasteiger partial charge in [0.2, 0.25) is 0 Å². The second kappa shape index (κ2) is 6.48. The number of piperidine rings is 1. The first kappa shape index (κ1) is 14.4. The Hall–Kier alpha value is -1.55. The molecule has 2 fully saturated rings. The molecule has 1 aromatic rings. The first-order valence-electron chi connectivity index (χ1n) is 8.07. The predicted molar refractivity (Wildman–Crippen MR) is 83.8 cm³/mol. The van der Waals surface area contributed by atoms with Crippen molar-refractivity contribution in [2.45, 2.75) is 50.6 Å². The Morgan fingerprint density at radius 3 is 2.86 bits per heavy atom. The fourth-order valence-corrected chi connectivity index (χ4v) is 3.85. The molecule has 3 atom stereocenters. The second-order valence-electron chi connectivity index (χ2n) is 6.29. The summed E-state index contributed by atoms with van der Waals surface area (Å²) in [6.07, 6.45) is 7.61. The molecule has 1 aromatic carbocycles. The zero-order valence-corrected chi connectivity index (χ0v) is 12.3. The van der Waals surface area contributed by atoms with E-state index >= 15 is 0 Å². The van der Waals surface area contributed by atoms with Gasteiger partial charge < -0.3 is 15.7 Å². The fourth-order valence-electron chi connectivity index (χ4n) is 3.85. The summed E-state index contributed by atoms with van der Waals surface area (Å²) in [5, 5.41) is 16.3. The van der Waals surface area contributed by atoms with Gasteiger partial charge in [-0.3, -0.25) is 0 Å². The molecule has 3 unspecified atom stereocenters. The maximum Gasteiger partial charge on any atom is 0.335 e. The molecule has 3 N–H and O–H groups in total. The van der Waals surface area contributed by atoms with Crippen molar-refractivity contribution in [2.75, 3.05) is 11.9 Å². The van der Waals surface area contributed by atoms with Crippen LogP contribution in [0.2, 0.25) is 0 Å². The number of nitrogens with one attached hydrogen (secondary N) is 2. The lowest BCUT2D eigenvalue weighted by molar-refractivity contribution is 0.0697. The largest absolute Gasteiger partial charge is 0.478 e. The van der Waals surface area contributed by atoms with Crippen LogP contribution in [0.15, 0.2) is 24.3 Å². The third kappa shape index (κ3) is 3.38. The van der Waals surface area contributed by atoms with Crippen molar-refractivity contribution in [2.24, 2.45) is 5.92 Å². The molecule has 2 aliphatic rings. The van der Waals surface area contributed by atoms with Crippen molar-refractivity contribution >= 4 is 11.7 Å². The average Bonchev–Trinajstić information content (AvgIpc) is 2.96. The van der Waals surface area contributed by atoms with Gasteiger partial charge >= 0.3 is 5.97 Å². The van der Waals surface area contributed by atoms with Crippen molar-refractivity contribution in [1.82, 2.24) is 5.32 Å². The Kier molecular flexibility index (Phi) is 4.44. The summed E-state index contributed by atoms with van der Waals surface area (Å²) in [5.41, 5.74) is 1.29. The van der Waals surface area contributed by atoms with E-state index < -0.39 is 5.97 Å². The highest BCUT2D eigenvalue weighted by atomic mass is 16.4. The molecule has 4 heteroatoms. The molecule has 0 aromatic heterocycles. The van der Waals surface area contributed by atoms with Crippen LogP contribution >= 0.6 is 0 Å². The number of hydrogen-bond donors (Lipinski definition) is 3. The minimum atomic E-state index is -0.865. The quantitative estimate of drug-likeness (QED) is 0.796. The van der Waals surface area contributed by atoms with E-state index in [0.717, 1.165) is 12.2 Å². The number of hydrogen-bond acceptors (Lipinski definition) is 3. The second-order valence-corrected chi connectivity index (χ2v) is 6.29. The van der Waals surface area contributed by atoms with Crippen LogP contribution in [-0.4, -0.2) is 29.7 Å². The summed E-state index contributed by atoms with van der Waals surface area (Å²) < 4.78 is 0. The van der Waals surface area contributed by atoms with Crippen molar-refractivity contribution in [3.63, 3.8) is 0 Å². The molecule has 1 aliphatic carbocycles. The molecule has 1 saturated heterocycles. The highest BCUT2D eigenvalue weighted by Crippen LogP contribution is 2.33. The zero-order chi connectivity index (χ0) is 14.7. The normalized spacial score (nSPS) is 29.2. The van der Waals surface area contributed by atoms with Gasteiger partial charge in [-0.1, -0.05) is 18.9 Å². The summed E-state index contributed by atoms with van der Waals surface area (Å²) >= 11 is 0. The zero-order valence-electron chi connectivity index (χ0n) is 12.3. The Bertz CT molecular complexity index is 497. The lowest BCUT2D eigenvalue weighted by Crippen LogP contribution is -2.44. The van der Waals surface area contributed by atoms with E-state index in [0.29, 0.717) is 23.6 Å². The van der Waals surface area contributed by atoms with E-state index in [1.165, 1.54) is 38.5 Å². The van der Waals surface area contributed by atoms with Gasteiger partial charge in [0, 0.05) is 17.8 Å². The lowest BCUT2D eigenvalue weighted by Gasteiger charge is -2.33. The van der Waals surface area contributed by atoms with E-state index in [2.05, 4.69) is 10.6 Å². The number of anilines is 1. The van der Waals surface area contributed by atoms with Gasteiger partial charge in [-0.15, -0.1) is 0 Å². The van der Waals surface area contributed by atoms with Crippen LogP contribution in [0.25, 0.3) is 0 Å². The fraction of sp³-hybridized carbons (Fsp3) is 0.588. The average molecular weight is 288 g/mol. The van der Waals surface area contributed by atoms with E-state index in [1.807, 2.05) is 12.1 Å². The summed E-state index contributed by atoms with van der Waals surface area (Å²) in [7, 11) is 0. The van der Waals surface area contributed by atoms with Gasteiger partial charge in [0.05, 0.1) is 5.56 Å². The Morgan fingerprint density at radius 2 is 2.10 bits per heavy atom. The molecule has 4 nitrogen and oxygen atoms in total. The standard InChI is InChI=1S/C17H24N2O2/c20-17(21)12-5-3-6-13(11-12)19-16-9-4-7-14(16)15-8-1-2-10-18-15/h3,5-6,11,14-16,18-19H,1-2,4,7-10H2,(H,20,21). The number of benzene rings is 1. The first-order chi connectivity index (χ1) is 10.2. The molecule has 1 saturated carbocycles. The molecule has 0 amide bonds. The predicted octanol–water partition coefficient (Wildman–Crippen LogP) is 3.11. The Balaban J connectivity index is 1.68. The lowest BCUT2D eigenvalue weighted by atomic mass is 9.88. The van der Waals surface area contributed by atoms with Crippen LogP contribution < -0.4 is 10.6 Å². The molecule has 0 bridgehead atoms. The summed E-state index contributed by atoms with van der Waals surface area (Å²) in [6.45, 7) is 1.14. The van der Waals surface area contributed by atoms with Crippen LogP contribution in [0.1, 0.15) is 48.9 Å². The van der Waals surface area contributed by atoms with Crippen LogP contribution in [0.3, 0.4) is 0 Å². The van der Waals surface area contributed by atoms with E-state index in [-0.39, 0.29) is 0 Å². The molecule has 1 heterocycles. The van der Waals surface area contributed by atoms with Crippen molar-refractivity contribution in [3.05, 3.63) is 29.8 Å². The monoisotopic (exact) mass is 288 g/mol. The van der Waals surface area contributed by atoms with Gasteiger partial charge in [-0.2, -0.15) is 0 Å². The number of carboxylic acids is 1. The van der Waals surface area contributed by atoms with Gasteiger partial charge in [-0.05, 0) is 56.3 Å². The van der Waals surface area contributed by atoms with Crippen LogP contribution in [-0.2, 0) is 0 Å². The van der Waals surface area contributed by atoms with Crippen molar-refractivity contribution in [1.29, 1.82) is 0 Å². The first-order valence-corrected chi connectivity index (χ1v) is 8.07. The molecule has 0 radical (unpaired) electrons. The maximum atomic E-state index is 11.1. The Morgan fingerprint density at radius 1 is 1.19 bits per heavy atom. The summed E-state index contributed by atoms with van der Waals surface area (Å²) in [4.78, 5) is 11.1. The van der Waals surface area contributed by atoms with Crippen LogP contribution in [0, 0.1) is 5.92 Å². The third-order valence-electron chi connectivity index (χ3n) is 4.90. The molecule has 114 valence electrons. The minimum absolute atomic E-state index is 0.352. The van der Waals surface area contributed by atoms with Gasteiger partial charge in [-0.25, -0.2) is 4.79 Å². The summed E-state index contributed by atoms with van der Waals surface area (Å²) in [5.74, 6) is -0.200. The van der Waals surface area contributed by atoms with E-state index in [1.54, 1.807) is 12.1 Å².